The molecule has 3 heterocycles. The molecule has 2 N–H and O–H groups in total. The minimum absolute atomic E-state index is 0.0445. The van der Waals surface area contributed by atoms with E-state index in [0.717, 1.165) is 47.1 Å². The van der Waals surface area contributed by atoms with Gasteiger partial charge in [0.15, 0.2) is 5.65 Å². The molecular formula is C23H20ClF5N6O3S2. The summed E-state index contributed by atoms with van der Waals surface area (Å²) in [5.41, 5.74) is -2.19. The van der Waals surface area contributed by atoms with E-state index in [-0.39, 0.29) is 43.2 Å². The van der Waals surface area contributed by atoms with Gasteiger partial charge >= 0.3 is 6.18 Å². The summed E-state index contributed by atoms with van der Waals surface area (Å²) in [6, 6.07) is 5.84. The molecule has 0 aliphatic heterocycles. The van der Waals surface area contributed by atoms with Crippen LogP contribution in [0.5, 0.6) is 0 Å². The molecule has 0 aliphatic carbocycles. The number of carbonyl (C=O) groups excluding carboxylic acids is 1. The second-order valence-electron chi connectivity index (χ2n) is 8.64. The Labute approximate surface area is 233 Å². The van der Waals surface area contributed by atoms with Crippen LogP contribution in [0, 0.1) is 0 Å². The van der Waals surface area contributed by atoms with E-state index in [1.165, 1.54) is 0 Å². The van der Waals surface area contributed by atoms with E-state index in [4.69, 9.17) is 11.6 Å². The number of alkyl halides is 5. The minimum atomic E-state index is -4.59. The summed E-state index contributed by atoms with van der Waals surface area (Å²) in [6.45, 7) is 0.576. The molecule has 0 spiro atoms. The number of hydrogen-bond acceptors (Lipinski definition) is 7. The van der Waals surface area contributed by atoms with Crippen molar-refractivity contribution < 1.29 is 35.2 Å². The monoisotopic (exact) mass is 622 g/mol. The van der Waals surface area contributed by atoms with Gasteiger partial charge in [0.05, 0.1) is 23.1 Å². The number of carbonyl (C=O) groups is 1. The molecule has 1 amide bonds. The SMILES string of the molecule is CN(C)CCNS(=O)(=O)c1cc(NC(=O)c2cnn3c(C(F)F)cc(-c4ccc(C(F)(F)F)cc4)nc23)c(Cl)s1. The fourth-order valence-electron chi connectivity index (χ4n) is 3.51. The van der Waals surface area contributed by atoms with Crippen molar-refractivity contribution >= 4 is 50.2 Å². The zero-order valence-electron chi connectivity index (χ0n) is 20.6. The number of amides is 1. The molecule has 3 aromatic heterocycles. The maximum absolute atomic E-state index is 13.9. The van der Waals surface area contributed by atoms with Crippen LogP contribution in [0.2, 0.25) is 4.34 Å². The first kappa shape index (κ1) is 29.8. The molecule has 1 aromatic carbocycles. The quantitative estimate of drug-likeness (QED) is 0.250. The summed E-state index contributed by atoms with van der Waals surface area (Å²) in [6.07, 6.45) is -6.67. The molecule has 17 heteroatoms. The molecule has 0 unspecified atom stereocenters. The Morgan fingerprint density at radius 1 is 1.18 bits per heavy atom. The van der Waals surface area contributed by atoms with Gasteiger partial charge in [-0.1, -0.05) is 23.7 Å². The number of halogens is 6. The van der Waals surface area contributed by atoms with Gasteiger partial charge in [-0.25, -0.2) is 31.4 Å². The number of nitrogens with zero attached hydrogens (tertiary/aromatic N) is 4. The van der Waals surface area contributed by atoms with Crippen molar-refractivity contribution in [3.05, 3.63) is 63.8 Å². The number of likely N-dealkylation sites (N-methyl/N-ethyl adjacent to an activating group) is 1. The van der Waals surface area contributed by atoms with Gasteiger partial charge in [-0.3, -0.25) is 4.79 Å². The molecule has 40 heavy (non-hydrogen) atoms. The highest BCUT2D eigenvalue weighted by Gasteiger charge is 2.30. The fourth-order valence-corrected chi connectivity index (χ4v) is 6.21. The van der Waals surface area contributed by atoms with Gasteiger partial charge in [0.25, 0.3) is 12.3 Å². The molecule has 0 saturated heterocycles. The molecule has 0 radical (unpaired) electrons. The van der Waals surface area contributed by atoms with Gasteiger partial charge in [-0.2, -0.15) is 18.3 Å². The van der Waals surface area contributed by atoms with E-state index >= 15 is 0 Å². The van der Waals surface area contributed by atoms with Crippen molar-refractivity contribution in [2.24, 2.45) is 0 Å². The standard InChI is InChI=1S/C23H20ClF5N6O3S2/c1-34(2)8-7-31-40(37,38)18-10-16(19(24)39-18)33-22(36)14-11-30-35-17(20(25)26)9-15(32-21(14)35)12-3-5-13(6-4-12)23(27,28)29/h3-6,9-11,20,31H,7-8H2,1-2H3,(H,33,36). The van der Waals surface area contributed by atoms with Crippen LogP contribution in [0.15, 0.2) is 46.8 Å². The van der Waals surface area contributed by atoms with Crippen molar-refractivity contribution in [2.75, 3.05) is 32.5 Å². The maximum Gasteiger partial charge on any atom is 0.416 e. The maximum atomic E-state index is 13.9. The number of aromatic nitrogens is 3. The number of hydrogen-bond donors (Lipinski definition) is 2. The lowest BCUT2D eigenvalue weighted by Crippen LogP contribution is -2.31. The lowest BCUT2D eigenvalue weighted by Gasteiger charge is -2.10. The van der Waals surface area contributed by atoms with Crippen LogP contribution in [0.1, 0.15) is 28.0 Å². The molecule has 4 aromatic rings. The third-order valence-corrected chi connectivity index (χ3v) is 8.80. The highest BCUT2D eigenvalue weighted by atomic mass is 35.5. The summed E-state index contributed by atoms with van der Waals surface area (Å²) in [5.74, 6) is -0.878. The van der Waals surface area contributed by atoms with Crippen LogP contribution >= 0.6 is 22.9 Å². The predicted molar refractivity (Wildman–Crippen MR) is 139 cm³/mol. The summed E-state index contributed by atoms with van der Waals surface area (Å²) in [7, 11) is -0.375. The zero-order chi connectivity index (χ0) is 29.4. The van der Waals surface area contributed by atoms with Crippen LogP contribution in [0.25, 0.3) is 16.9 Å². The van der Waals surface area contributed by atoms with Gasteiger partial charge in [0.2, 0.25) is 10.0 Å². The van der Waals surface area contributed by atoms with Gasteiger partial charge in [0, 0.05) is 18.7 Å². The van der Waals surface area contributed by atoms with Crippen LogP contribution in [0.3, 0.4) is 0 Å². The molecular weight excluding hydrogens is 603 g/mol. The number of anilines is 1. The van der Waals surface area contributed by atoms with E-state index in [1.807, 2.05) is 0 Å². The summed E-state index contributed by atoms with van der Waals surface area (Å²) in [4.78, 5) is 19.1. The second-order valence-corrected chi connectivity index (χ2v) is 12.3. The third-order valence-electron chi connectivity index (χ3n) is 5.50. The normalized spacial score (nSPS) is 12.6. The topological polar surface area (TPSA) is 109 Å². The van der Waals surface area contributed by atoms with Crippen molar-refractivity contribution in [2.45, 2.75) is 16.8 Å². The first-order valence-corrected chi connectivity index (χ1v) is 13.9. The zero-order valence-corrected chi connectivity index (χ0v) is 23.0. The van der Waals surface area contributed by atoms with Gasteiger partial charge in [-0.05, 0) is 38.4 Å². The van der Waals surface area contributed by atoms with Crippen LogP contribution in [0.4, 0.5) is 27.6 Å². The van der Waals surface area contributed by atoms with Crippen LogP contribution < -0.4 is 10.0 Å². The predicted octanol–water partition coefficient (Wildman–Crippen LogP) is 5.16. The average molecular weight is 623 g/mol. The smallest absolute Gasteiger partial charge is 0.320 e. The first-order chi connectivity index (χ1) is 18.7. The van der Waals surface area contributed by atoms with Crippen LogP contribution in [-0.4, -0.2) is 61.0 Å². The van der Waals surface area contributed by atoms with Gasteiger partial charge in [0.1, 0.15) is 19.8 Å². The lowest BCUT2D eigenvalue weighted by atomic mass is 10.1. The van der Waals surface area contributed by atoms with E-state index < -0.39 is 39.8 Å². The number of benzene rings is 1. The number of nitrogens with one attached hydrogen (secondary N) is 2. The Morgan fingerprint density at radius 2 is 1.85 bits per heavy atom. The number of sulfonamides is 1. The molecule has 214 valence electrons. The van der Waals surface area contributed by atoms with E-state index in [1.54, 1.807) is 19.0 Å². The molecule has 0 aliphatic rings. The van der Waals surface area contributed by atoms with Crippen molar-refractivity contribution in [3.8, 4) is 11.3 Å². The molecule has 9 nitrogen and oxygen atoms in total. The first-order valence-electron chi connectivity index (χ1n) is 11.3. The Hall–Kier alpha value is -3.18. The lowest BCUT2D eigenvalue weighted by molar-refractivity contribution is -0.137. The molecule has 0 saturated carbocycles. The van der Waals surface area contributed by atoms with E-state index in [0.29, 0.717) is 17.9 Å². The Balaban J connectivity index is 1.66. The van der Waals surface area contributed by atoms with Gasteiger partial charge in [-0.15, -0.1) is 11.3 Å². The van der Waals surface area contributed by atoms with Gasteiger partial charge < -0.3 is 10.2 Å². The number of fused-ring (bicyclic) bond motifs is 1. The van der Waals surface area contributed by atoms with Crippen LogP contribution in [-0.2, 0) is 16.2 Å². The Kier molecular flexibility index (Phi) is 8.46. The largest absolute Gasteiger partial charge is 0.416 e. The average Bonchev–Trinajstić information content (AvgIpc) is 3.46. The Morgan fingerprint density at radius 3 is 2.45 bits per heavy atom. The Bertz CT molecular complexity index is 1650. The van der Waals surface area contributed by atoms with Crippen molar-refractivity contribution in [3.63, 3.8) is 0 Å². The molecule has 0 fully saturated rings. The highest BCUT2D eigenvalue weighted by Crippen LogP contribution is 2.36. The van der Waals surface area contributed by atoms with E-state index in [9.17, 15) is 35.2 Å². The summed E-state index contributed by atoms with van der Waals surface area (Å²) < 4.78 is 94.6. The van der Waals surface area contributed by atoms with E-state index in [2.05, 4.69) is 20.1 Å². The van der Waals surface area contributed by atoms with Crippen molar-refractivity contribution in [1.82, 2.24) is 24.2 Å². The summed E-state index contributed by atoms with van der Waals surface area (Å²) in [5, 5.41) is 6.26. The third kappa shape index (κ3) is 6.41. The summed E-state index contributed by atoms with van der Waals surface area (Å²) >= 11 is 6.87. The fraction of sp³-hybridized carbons (Fsp3) is 0.261. The minimum Gasteiger partial charge on any atom is -0.320 e. The molecule has 4 rings (SSSR count). The molecule has 0 bridgehead atoms. The molecule has 0 atom stereocenters. The second kappa shape index (κ2) is 11.4. The number of rotatable bonds is 9. The highest BCUT2D eigenvalue weighted by molar-refractivity contribution is 7.91. The van der Waals surface area contributed by atoms with Crippen molar-refractivity contribution in [1.29, 1.82) is 0 Å². The number of thiophene rings is 1.